The van der Waals surface area contributed by atoms with Crippen molar-refractivity contribution >= 4 is 11.9 Å². The van der Waals surface area contributed by atoms with E-state index < -0.39 is 23.7 Å². The van der Waals surface area contributed by atoms with Gasteiger partial charge in [-0.25, -0.2) is 9.18 Å². The number of aliphatic carboxylic acids is 1. The van der Waals surface area contributed by atoms with E-state index in [1.54, 1.807) is 6.07 Å². The van der Waals surface area contributed by atoms with Gasteiger partial charge in [-0.1, -0.05) is 13.8 Å². The monoisotopic (exact) mass is 457 g/mol. The Bertz CT molecular complexity index is 927. The van der Waals surface area contributed by atoms with Crippen LogP contribution in [0.25, 0.3) is 0 Å². The highest BCUT2D eigenvalue weighted by atomic mass is 19.1. The molecule has 4 aliphatic rings. The summed E-state index contributed by atoms with van der Waals surface area (Å²) in [5, 5.41) is 9.46. The highest BCUT2D eigenvalue weighted by Gasteiger charge is 2.43. The van der Waals surface area contributed by atoms with E-state index >= 15 is 4.39 Å². The number of ether oxygens (including phenoxy) is 1. The fourth-order valence-electron chi connectivity index (χ4n) is 6.92. The Labute approximate surface area is 195 Å². The minimum atomic E-state index is -1.02. The van der Waals surface area contributed by atoms with E-state index in [9.17, 15) is 14.7 Å². The molecule has 6 atom stereocenters. The van der Waals surface area contributed by atoms with Gasteiger partial charge in [-0.3, -0.25) is 4.79 Å². The average molecular weight is 458 g/mol. The van der Waals surface area contributed by atoms with Crippen LogP contribution in [0, 0.1) is 29.5 Å². The second-order valence-corrected chi connectivity index (χ2v) is 11.1. The second kappa shape index (κ2) is 8.92. The molecule has 180 valence electrons. The summed E-state index contributed by atoms with van der Waals surface area (Å²) >= 11 is 0. The van der Waals surface area contributed by atoms with Gasteiger partial charge < -0.3 is 14.7 Å². The molecule has 1 aromatic carbocycles. The third kappa shape index (κ3) is 4.38. The van der Waals surface area contributed by atoms with Crippen molar-refractivity contribution in [1.29, 1.82) is 0 Å². The molecule has 2 bridgehead atoms. The van der Waals surface area contributed by atoms with Crippen molar-refractivity contribution in [1.82, 2.24) is 4.90 Å². The second-order valence-electron chi connectivity index (χ2n) is 11.1. The molecular weight excluding hydrogens is 421 g/mol. The van der Waals surface area contributed by atoms with Crippen LogP contribution in [0.15, 0.2) is 12.1 Å². The smallest absolute Gasteiger partial charge is 0.326 e. The first kappa shape index (κ1) is 22.7. The standard InChI is InChI=1S/C27H36FNO4/c1-3-17-11-16-9-15(2)10-19(12-16)25(17)33-24-14-22(28)21(13-20(24)18-6-7-18)26(30)29-8-4-5-23(29)27(31)32/h13-19,23,25H,3-12H2,1-2H3,(H,31,32). The Morgan fingerprint density at radius 2 is 1.94 bits per heavy atom. The largest absolute Gasteiger partial charge is 0.489 e. The first-order valence-electron chi connectivity index (χ1n) is 12.9. The van der Waals surface area contributed by atoms with E-state index in [0.717, 1.165) is 30.7 Å². The number of amides is 1. The summed E-state index contributed by atoms with van der Waals surface area (Å²) in [5.41, 5.74) is 0.908. The molecule has 0 aromatic heterocycles. The number of carboxylic acids is 1. The van der Waals surface area contributed by atoms with Gasteiger partial charge in [-0.2, -0.15) is 0 Å². The van der Waals surface area contributed by atoms with Gasteiger partial charge in [0.1, 0.15) is 23.7 Å². The van der Waals surface area contributed by atoms with E-state index in [-0.39, 0.29) is 11.7 Å². The number of carbonyl (C=O) groups is 2. The van der Waals surface area contributed by atoms with Crippen LogP contribution in [-0.2, 0) is 4.79 Å². The Morgan fingerprint density at radius 3 is 2.64 bits per heavy atom. The maximum atomic E-state index is 15.3. The Kier molecular flexibility index (Phi) is 6.13. The molecule has 1 saturated heterocycles. The maximum absolute atomic E-state index is 15.3. The van der Waals surface area contributed by atoms with Crippen molar-refractivity contribution in [3.05, 3.63) is 29.1 Å². The SMILES string of the molecule is CCC1CC2CC(C)CC(C2)C1Oc1cc(F)c(C(=O)N2CCCC2C(=O)O)cc1C1CC1. The summed E-state index contributed by atoms with van der Waals surface area (Å²) in [4.78, 5) is 26.0. The van der Waals surface area contributed by atoms with Crippen LogP contribution in [0.1, 0.15) is 93.5 Å². The third-order valence-corrected chi connectivity index (χ3v) is 8.58. The van der Waals surface area contributed by atoms with Crippen molar-refractivity contribution in [3.63, 3.8) is 0 Å². The molecule has 1 heterocycles. The molecule has 1 N–H and O–H groups in total. The molecule has 4 fully saturated rings. The molecule has 0 spiro atoms. The van der Waals surface area contributed by atoms with Gasteiger partial charge in [0.05, 0.1) is 5.56 Å². The average Bonchev–Trinajstić information content (AvgIpc) is 3.49. The van der Waals surface area contributed by atoms with E-state index in [2.05, 4.69) is 13.8 Å². The number of fused-ring (bicyclic) bond motifs is 2. The molecule has 5 rings (SSSR count). The summed E-state index contributed by atoms with van der Waals surface area (Å²) in [5.74, 6) is 1.24. The van der Waals surface area contributed by atoms with Crippen molar-refractivity contribution in [2.45, 2.75) is 89.7 Å². The quantitative estimate of drug-likeness (QED) is 0.602. The summed E-state index contributed by atoms with van der Waals surface area (Å²) in [7, 11) is 0. The number of likely N-dealkylation sites (tertiary alicyclic amines) is 1. The fourth-order valence-corrected chi connectivity index (χ4v) is 6.92. The number of carboxylic acid groups (broad SMARTS) is 1. The number of nitrogens with zero attached hydrogens (tertiary/aromatic N) is 1. The summed E-state index contributed by atoms with van der Waals surface area (Å²) in [6.45, 7) is 4.92. The van der Waals surface area contributed by atoms with Crippen LogP contribution < -0.4 is 4.74 Å². The third-order valence-electron chi connectivity index (χ3n) is 8.58. The highest BCUT2D eigenvalue weighted by molar-refractivity contribution is 5.97. The normalized spacial score (nSPS) is 33.7. The topological polar surface area (TPSA) is 66.8 Å². The lowest BCUT2D eigenvalue weighted by Crippen LogP contribution is -2.44. The number of rotatable bonds is 6. The van der Waals surface area contributed by atoms with Crippen molar-refractivity contribution in [2.75, 3.05) is 6.54 Å². The van der Waals surface area contributed by atoms with Crippen molar-refractivity contribution in [2.24, 2.45) is 23.7 Å². The lowest BCUT2D eigenvalue weighted by atomic mass is 9.63. The zero-order valence-electron chi connectivity index (χ0n) is 19.8. The zero-order valence-corrected chi connectivity index (χ0v) is 19.8. The molecule has 1 amide bonds. The van der Waals surface area contributed by atoms with E-state index in [4.69, 9.17) is 4.74 Å². The maximum Gasteiger partial charge on any atom is 0.326 e. The van der Waals surface area contributed by atoms with Crippen LogP contribution in [0.4, 0.5) is 4.39 Å². The van der Waals surface area contributed by atoms with Crippen LogP contribution in [-0.4, -0.2) is 40.6 Å². The first-order chi connectivity index (χ1) is 15.9. The number of halogens is 1. The number of hydrogen-bond acceptors (Lipinski definition) is 3. The van der Waals surface area contributed by atoms with E-state index in [1.807, 2.05) is 0 Å². The summed E-state index contributed by atoms with van der Waals surface area (Å²) < 4.78 is 22.0. The van der Waals surface area contributed by atoms with Crippen LogP contribution in [0.5, 0.6) is 5.75 Å². The molecular formula is C27H36FNO4. The van der Waals surface area contributed by atoms with Gasteiger partial charge >= 0.3 is 5.97 Å². The van der Waals surface area contributed by atoms with E-state index in [1.165, 1.54) is 36.6 Å². The predicted octanol–water partition coefficient (Wildman–Crippen LogP) is 5.62. The molecule has 5 nitrogen and oxygen atoms in total. The molecule has 33 heavy (non-hydrogen) atoms. The Hall–Kier alpha value is -2.11. The lowest BCUT2D eigenvalue weighted by molar-refractivity contribution is -0.141. The van der Waals surface area contributed by atoms with Crippen molar-refractivity contribution in [3.8, 4) is 5.75 Å². The number of benzene rings is 1. The summed E-state index contributed by atoms with van der Waals surface area (Å²) in [6.07, 6.45) is 9.11. The minimum absolute atomic E-state index is 0.0144. The van der Waals surface area contributed by atoms with Gasteiger partial charge in [0.15, 0.2) is 0 Å². The molecule has 0 radical (unpaired) electrons. The molecule has 1 aliphatic heterocycles. The number of carbonyl (C=O) groups excluding carboxylic acids is 1. The molecule has 3 saturated carbocycles. The van der Waals surface area contributed by atoms with Gasteiger partial charge in [-0.15, -0.1) is 0 Å². The highest BCUT2D eigenvalue weighted by Crippen LogP contribution is 2.50. The molecule has 6 unspecified atom stereocenters. The van der Waals surface area contributed by atoms with Gasteiger partial charge in [0, 0.05) is 12.6 Å². The Morgan fingerprint density at radius 1 is 1.15 bits per heavy atom. The van der Waals surface area contributed by atoms with Crippen molar-refractivity contribution < 1.29 is 23.8 Å². The Balaban J connectivity index is 1.43. The summed E-state index contributed by atoms with van der Waals surface area (Å²) in [6, 6.07) is 2.21. The fraction of sp³-hybridized carbons (Fsp3) is 0.704. The number of hydrogen-bond donors (Lipinski definition) is 1. The first-order valence-corrected chi connectivity index (χ1v) is 12.9. The van der Waals surface area contributed by atoms with Crippen LogP contribution in [0.3, 0.4) is 0 Å². The van der Waals surface area contributed by atoms with Gasteiger partial charge in [-0.05, 0) is 99.0 Å². The minimum Gasteiger partial charge on any atom is -0.489 e. The van der Waals surface area contributed by atoms with Crippen LogP contribution in [0.2, 0.25) is 0 Å². The van der Waals surface area contributed by atoms with Gasteiger partial charge in [0.2, 0.25) is 0 Å². The predicted molar refractivity (Wildman–Crippen MR) is 123 cm³/mol. The lowest BCUT2D eigenvalue weighted by Gasteiger charge is -2.47. The zero-order chi connectivity index (χ0) is 23.3. The molecule has 3 aliphatic carbocycles. The molecule has 1 aromatic rings. The van der Waals surface area contributed by atoms with Crippen LogP contribution >= 0.6 is 0 Å². The van der Waals surface area contributed by atoms with Gasteiger partial charge in [0.25, 0.3) is 5.91 Å². The van der Waals surface area contributed by atoms with E-state index in [0.29, 0.717) is 48.8 Å². The molecule has 6 heteroatoms.